The van der Waals surface area contributed by atoms with E-state index < -0.39 is 0 Å². The summed E-state index contributed by atoms with van der Waals surface area (Å²) >= 11 is 0. The van der Waals surface area contributed by atoms with Gasteiger partial charge in [-0.1, -0.05) is 118 Å². The van der Waals surface area contributed by atoms with Crippen molar-refractivity contribution in [3.05, 3.63) is 156 Å². The van der Waals surface area contributed by atoms with Crippen molar-refractivity contribution in [1.29, 1.82) is 0 Å². The van der Waals surface area contributed by atoms with Crippen LogP contribution in [0.3, 0.4) is 0 Å². The molecule has 0 amide bonds. The molecule has 6 heteroatoms. The average molecular weight is 916 g/mol. The molecule has 58 heavy (non-hydrogen) atoms. The van der Waals surface area contributed by atoms with E-state index in [0.29, 0.717) is 0 Å². The number of benzene rings is 4. The predicted octanol–water partition coefficient (Wildman–Crippen LogP) is 9.33. The number of rotatable bonds is 10. The molecular weight excluding hydrogens is 853 g/mol. The van der Waals surface area contributed by atoms with Crippen LogP contribution >= 0.6 is 15.8 Å². The molecule has 0 spiro atoms. The second-order valence-corrected chi connectivity index (χ2v) is 19.7. The van der Waals surface area contributed by atoms with Crippen molar-refractivity contribution >= 4 is 69.5 Å². The summed E-state index contributed by atoms with van der Waals surface area (Å²) in [5, 5.41) is 14.5. The van der Waals surface area contributed by atoms with Crippen molar-refractivity contribution in [1.82, 2.24) is 0 Å². The summed E-state index contributed by atoms with van der Waals surface area (Å²) in [5.74, 6) is 0. The number of halogens is 2. The fourth-order valence-electron chi connectivity index (χ4n) is 7.53. The molecule has 0 unspecified atom stereocenters. The van der Waals surface area contributed by atoms with Gasteiger partial charge in [0, 0.05) is 0 Å². The van der Waals surface area contributed by atoms with Crippen molar-refractivity contribution < 1.29 is 68.2 Å². The molecule has 0 fully saturated rings. The molecule has 8 aromatic rings. The zero-order valence-electron chi connectivity index (χ0n) is 36.0. The largest absolute Gasteiger partial charge is 2.00 e. The third kappa shape index (κ3) is 14.7. The Morgan fingerprint density at radius 3 is 1.07 bits per heavy atom. The Hall–Kier alpha value is -1.81. The van der Waals surface area contributed by atoms with E-state index in [0.717, 1.165) is 0 Å². The second-order valence-electron chi connectivity index (χ2n) is 14.8. The van der Waals surface area contributed by atoms with Crippen LogP contribution in [0.5, 0.6) is 0 Å². The molecule has 0 saturated heterocycles. The first-order valence-electron chi connectivity index (χ1n) is 20.3. The maximum atomic E-state index is 2.41. The van der Waals surface area contributed by atoms with Crippen molar-refractivity contribution in [2.45, 2.75) is 81.1 Å². The molecule has 0 bridgehead atoms. The SMILES string of the molecule is CCCP(CCC)c1cc2ccccc2[cH-]1.CCCP(CCC)c1cc2ccccc2[cH-]1.Cc1ccc(C)c2[cH-]ccc12.Cc1ccc(C)c2[cH-]ccc12.[Cl-].[Cl-].[Ti+2].[Ti+2]. The minimum absolute atomic E-state index is 0. The summed E-state index contributed by atoms with van der Waals surface area (Å²) < 4.78 is 0. The quantitative estimate of drug-likeness (QED) is 0.0730. The summed E-state index contributed by atoms with van der Waals surface area (Å²) in [6, 6.07) is 48.7. The molecule has 0 aliphatic carbocycles. The number of hydrogen-bond donors (Lipinski definition) is 0. The van der Waals surface area contributed by atoms with E-state index >= 15 is 0 Å². The molecule has 8 aromatic carbocycles. The van der Waals surface area contributed by atoms with Crippen LogP contribution in [-0.4, -0.2) is 24.6 Å². The van der Waals surface area contributed by atoms with Crippen molar-refractivity contribution in [2.75, 3.05) is 24.6 Å². The Balaban J connectivity index is 0.000000383. The Morgan fingerprint density at radius 1 is 0.431 bits per heavy atom. The monoisotopic (exact) mass is 914 g/mol. The third-order valence-corrected chi connectivity index (χ3v) is 16.3. The van der Waals surface area contributed by atoms with Crippen LogP contribution in [0.25, 0.3) is 43.1 Å². The molecule has 0 aliphatic heterocycles. The van der Waals surface area contributed by atoms with Gasteiger partial charge in [0.1, 0.15) is 0 Å². The summed E-state index contributed by atoms with van der Waals surface area (Å²) in [4.78, 5) is 0. The van der Waals surface area contributed by atoms with Gasteiger partial charge in [-0.3, -0.25) is 0 Å². The average Bonchev–Trinajstić information content (AvgIpc) is 4.01. The van der Waals surface area contributed by atoms with Crippen molar-refractivity contribution in [2.24, 2.45) is 0 Å². The standard InChI is InChI=1S/2C15H20P.2C11H11.2ClH.2Ti/c2*1-3-9-16(10-4-2)15-11-13-7-5-6-8-14(13)12-15;2*1-8-6-7-9(2)11-5-3-4-10(8)11;;;;/h2*5-8,11-12H,3-4,9-10H2,1-2H3;2*3-7H,1-2H3;2*1H;;/q4*-1;;;2*+2/p-2. The fourth-order valence-corrected chi connectivity index (χ4v) is 12.5. The second kappa shape index (κ2) is 27.9. The van der Waals surface area contributed by atoms with Crippen LogP contribution in [0.4, 0.5) is 0 Å². The van der Waals surface area contributed by atoms with Gasteiger partial charge in [-0.2, -0.15) is 36.4 Å². The Bertz CT molecular complexity index is 2010. The van der Waals surface area contributed by atoms with Gasteiger partial charge in [0.2, 0.25) is 0 Å². The van der Waals surface area contributed by atoms with Crippen molar-refractivity contribution in [3.8, 4) is 0 Å². The van der Waals surface area contributed by atoms with E-state index in [1.54, 1.807) is 10.6 Å². The van der Waals surface area contributed by atoms with Gasteiger partial charge in [-0.25, -0.2) is 0 Å². The summed E-state index contributed by atoms with van der Waals surface area (Å²) in [7, 11) is 0.194. The topological polar surface area (TPSA) is 0 Å². The predicted molar refractivity (Wildman–Crippen MR) is 251 cm³/mol. The molecule has 0 aromatic heterocycles. The zero-order valence-corrected chi connectivity index (χ0v) is 42.4. The molecule has 0 radical (unpaired) electrons. The fraction of sp³-hybridized carbons (Fsp3) is 0.308. The van der Waals surface area contributed by atoms with Crippen LogP contribution in [0, 0.1) is 27.7 Å². The molecule has 0 N–H and O–H groups in total. The molecular formula is C52H62Cl2P2Ti2-2. The van der Waals surface area contributed by atoms with Gasteiger partial charge in [0.05, 0.1) is 0 Å². The number of aryl methyl sites for hydroxylation is 4. The van der Waals surface area contributed by atoms with Crippen LogP contribution in [0.15, 0.2) is 133 Å². The third-order valence-electron chi connectivity index (χ3n) is 10.4. The Morgan fingerprint density at radius 2 is 0.759 bits per heavy atom. The first kappa shape index (κ1) is 54.2. The molecule has 0 aliphatic rings. The van der Waals surface area contributed by atoms with Gasteiger partial charge < -0.3 is 24.8 Å². The maximum Gasteiger partial charge on any atom is 2.00 e. The normalized spacial score (nSPS) is 10.4. The number of fused-ring (bicyclic) bond motifs is 4. The maximum absolute atomic E-state index is 2.41. The molecule has 304 valence electrons. The Kier molecular flexibility index (Phi) is 26.1. The van der Waals surface area contributed by atoms with Crippen LogP contribution in [0.2, 0.25) is 0 Å². The summed E-state index contributed by atoms with van der Waals surface area (Å²) in [6.07, 6.45) is 10.8. The van der Waals surface area contributed by atoms with Crippen molar-refractivity contribution in [3.63, 3.8) is 0 Å². The molecule has 8 rings (SSSR count). The van der Waals surface area contributed by atoms with Gasteiger partial charge in [0.15, 0.2) is 0 Å². The van der Waals surface area contributed by atoms with Gasteiger partial charge in [-0.05, 0) is 38.5 Å². The number of hydrogen-bond acceptors (Lipinski definition) is 0. The molecule has 0 saturated carbocycles. The molecule has 0 atom stereocenters. The minimum atomic E-state index is 0. The Labute approximate surface area is 395 Å². The van der Waals surface area contributed by atoms with E-state index in [9.17, 15) is 0 Å². The summed E-state index contributed by atoms with van der Waals surface area (Å²) in [6.45, 7) is 17.8. The molecule has 0 nitrogen and oxygen atoms in total. The van der Waals surface area contributed by atoms with Crippen LogP contribution < -0.4 is 35.4 Å². The first-order chi connectivity index (χ1) is 26.3. The van der Waals surface area contributed by atoms with Gasteiger partial charge in [-0.15, -0.1) is 138 Å². The van der Waals surface area contributed by atoms with Gasteiger partial charge >= 0.3 is 43.4 Å². The van der Waals surface area contributed by atoms with E-state index in [-0.39, 0.29) is 84.1 Å². The zero-order chi connectivity index (χ0) is 38.5. The van der Waals surface area contributed by atoms with E-state index in [4.69, 9.17) is 0 Å². The van der Waals surface area contributed by atoms with Crippen LogP contribution in [-0.2, 0) is 43.4 Å². The van der Waals surface area contributed by atoms with Crippen LogP contribution in [0.1, 0.15) is 75.6 Å². The van der Waals surface area contributed by atoms with Gasteiger partial charge in [0.25, 0.3) is 0 Å². The minimum Gasteiger partial charge on any atom is -1.00 e. The van der Waals surface area contributed by atoms with E-state index in [1.165, 1.54) is 116 Å². The smallest absolute Gasteiger partial charge is 1.00 e. The van der Waals surface area contributed by atoms with E-state index in [2.05, 4.69) is 189 Å². The molecule has 0 heterocycles. The van der Waals surface area contributed by atoms with E-state index in [1.807, 2.05) is 0 Å². The summed E-state index contributed by atoms with van der Waals surface area (Å²) in [5.41, 5.74) is 5.48. The first-order valence-corrected chi connectivity index (χ1v) is 23.7.